The third-order valence-corrected chi connectivity index (χ3v) is 14.4. The van der Waals surface area contributed by atoms with Gasteiger partial charge in [-0.05, 0) is 116 Å². The van der Waals surface area contributed by atoms with Gasteiger partial charge in [0.25, 0.3) is 0 Å². The van der Waals surface area contributed by atoms with E-state index in [2.05, 4.69) is 66.9 Å². The molecule has 1 amide bonds. The van der Waals surface area contributed by atoms with Gasteiger partial charge in [-0.2, -0.15) is 0 Å². The summed E-state index contributed by atoms with van der Waals surface area (Å²) in [6, 6.07) is 0. The van der Waals surface area contributed by atoms with Crippen molar-refractivity contribution in [1.29, 1.82) is 0 Å². The Balaban J connectivity index is 1.55. The van der Waals surface area contributed by atoms with Crippen molar-refractivity contribution < 1.29 is 14.3 Å². The fraction of sp³-hybridized carbons (Fsp3) is 0.882. The molecule has 5 aliphatic carbocycles. The van der Waals surface area contributed by atoms with Gasteiger partial charge in [0.15, 0.2) is 0 Å². The number of hydrogen-bond donors (Lipinski definition) is 2. The van der Waals surface area contributed by atoms with Gasteiger partial charge in [0, 0.05) is 12.3 Å². The van der Waals surface area contributed by atoms with Crippen molar-refractivity contribution in [2.75, 3.05) is 0 Å². The molecule has 5 heteroatoms. The predicted molar refractivity (Wildman–Crippen MR) is 156 cm³/mol. The average molecular weight is 541 g/mol. The van der Waals surface area contributed by atoms with E-state index in [9.17, 15) is 9.59 Å². The van der Waals surface area contributed by atoms with Gasteiger partial charge < -0.3 is 4.74 Å². The lowest BCUT2D eigenvalue weighted by Crippen LogP contribution is -2.67. The Kier molecular flexibility index (Phi) is 6.97. The van der Waals surface area contributed by atoms with Crippen LogP contribution < -0.4 is 11.3 Å². The first-order valence-electron chi connectivity index (χ1n) is 16.0. The normalized spacial score (nSPS) is 49.5. The second kappa shape index (κ2) is 9.33. The largest absolute Gasteiger partial charge is 0.462 e. The lowest BCUT2D eigenvalue weighted by molar-refractivity contribution is -0.250. The van der Waals surface area contributed by atoms with Crippen LogP contribution in [-0.4, -0.2) is 18.0 Å². The zero-order valence-electron chi connectivity index (χ0n) is 26.3. The number of rotatable bonds is 3. The van der Waals surface area contributed by atoms with E-state index in [0.29, 0.717) is 35.5 Å². The molecule has 0 spiro atoms. The first kappa shape index (κ1) is 29.1. The van der Waals surface area contributed by atoms with E-state index < -0.39 is 0 Å². The molecule has 0 radical (unpaired) electrons. The molecular formula is C34H56N2O3. The summed E-state index contributed by atoms with van der Waals surface area (Å²) in [6.45, 7) is 21.0. The van der Waals surface area contributed by atoms with Crippen molar-refractivity contribution in [2.45, 2.75) is 126 Å². The molecule has 5 saturated carbocycles. The van der Waals surface area contributed by atoms with Crippen LogP contribution >= 0.6 is 0 Å². The summed E-state index contributed by atoms with van der Waals surface area (Å²) in [5.74, 6) is 8.87. The molecule has 0 aromatic carbocycles. The van der Waals surface area contributed by atoms with Gasteiger partial charge >= 0.3 is 5.97 Å². The van der Waals surface area contributed by atoms with Crippen molar-refractivity contribution in [3.63, 3.8) is 0 Å². The van der Waals surface area contributed by atoms with Crippen LogP contribution in [-0.2, 0) is 14.3 Å². The van der Waals surface area contributed by atoms with Crippen molar-refractivity contribution in [2.24, 2.45) is 68.4 Å². The molecule has 10 atom stereocenters. The van der Waals surface area contributed by atoms with Crippen LogP contribution in [0.3, 0.4) is 0 Å². The van der Waals surface area contributed by atoms with Crippen LogP contribution in [0.2, 0.25) is 0 Å². The molecule has 0 heterocycles. The maximum Gasteiger partial charge on any atom is 0.302 e. The lowest BCUT2D eigenvalue weighted by atomic mass is 9.32. The minimum atomic E-state index is -0.371. The standard InChI is InChI=1S/C34H56N2O3/c1-10-22-19-34(29(38)36-35)18-17-32(8)23(28(34)27(22)20(2)3)11-12-25-31(7)15-14-26(39-21(4)37)30(5,6)24(31)13-16-33(25,32)9/h10,20,23-28H,11-19,35H2,1-9H3,(H,36,38). The van der Waals surface area contributed by atoms with Crippen LogP contribution in [0.25, 0.3) is 0 Å². The van der Waals surface area contributed by atoms with E-state index in [4.69, 9.17) is 10.6 Å². The summed E-state index contributed by atoms with van der Waals surface area (Å²) in [5.41, 5.74) is 4.40. The third kappa shape index (κ3) is 3.73. The molecule has 0 aromatic heterocycles. The number of nitrogens with one attached hydrogen (secondary N) is 1. The summed E-state index contributed by atoms with van der Waals surface area (Å²) < 4.78 is 5.92. The zero-order valence-corrected chi connectivity index (χ0v) is 26.3. The van der Waals surface area contributed by atoms with E-state index >= 15 is 0 Å². The number of hydrogen-bond acceptors (Lipinski definition) is 4. The number of fused-ring (bicyclic) bond motifs is 7. The smallest absolute Gasteiger partial charge is 0.302 e. The number of amides is 1. The van der Waals surface area contributed by atoms with Crippen LogP contribution in [0.1, 0.15) is 120 Å². The van der Waals surface area contributed by atoms with Crippen molar-refractivity contribution in [1.82, 2.24) is 5.43 Å². The zero-order chi connectivity index (χ0) is 28.8. The Labute approximate surface area is 237 Å². The quantitative estimate of drug-likeness (QED) is 0.130. The summed E-state index contributed by atoms with van der Waals surface area (Å²) in [6.07, 6.45) is 12.2. The Bertz CT molecular complexity index is 1050. The number of carbonyl (C=O) groups is 2. The molecule has 220 valence electrons. The fourth-order valence-electron chi connectivity index (χ4n) is 12.6. The fourth-order valence-corrected chi connectivity index (χ4v) is 12.6. The number of carbonyl (C=O) groups excluding carboxylic acids is 2. The van der Waals surface area contributed by atoms with Crippen LogP contribution in [0, 0.1) is 62.6 Å². The first-order valence-corrected chi connectivity index (χ1v) is 16.0. The Morgan fingerprint density at radius 1 is 0.949 bits per heavy atom. The highest BCUT2D eigenvalue weighted by molar-refractivity contribution is 5.84. The lowest BCUT2D eigenvalue weighted by Gasteiger charge is -2.72. The van der Waals surface area contributed by atoms with Gasteiger partial charge in [-0.1, -0.05) is 60.1 Å². The minimum absolute atomic E-state index is 0.0129. The maximum absolute atomic E-state index is 13.7. The maximum atomic E-state index is 13.7. The van der Waals surface area contributed by atoms with Crippen molar-refractivity contribution in [3.8, 4) is 0 Å². The third-order valence-electron chi connectivity index (χ3n) is 14.4. The summed E-state index contributed by atoms with van der Waals surface area (Å²) in [4.78, 5) is 25.6. The van der Waals surface area contributed by atoms with E-state index in [1.807, 2.05) is 0 Å². The predicted octanol–water partition coefficient (Wildman–Crippen LogP) is 7.20. The SMILES string of the molecule is CC=C1CC2(C(=O)NN)CCC3(C)C(CCC4C5(C)CCC(OC(C)=O)C(C)(C)C5CCC43C)C2C1C(C)C. The molecule has 5 rings (SSSR count). The van der Waals surface area contributed by atoms with E-state index in [1.165, 1.54) is 31.3 Å². The van der Waals surface area contributed by atoms with Gasteiger partial charge in [0.1, 0.15) is 6.10 Å². The second-order valence-corrected chi connectivity index (χ2v) is 16.1. The van der Waals surface area contributed by atoms with E-state index in [-0.39, 0.29) is 45.1 Å². The van der Waals surface area contributed by atoms with Crippen molar-refractivity contribution in [3.05, 3.63) is 11.6 Å². The molecule has 5 aliphatic rings. The first-order chi connectivity index (χ1) is 18.1. The molecule has 10 unspecified atom stereocenters. The van der Waals surface area contributed by atoms with E-state index in [1.54, 1.807) is 6.92 Å². The van der Waals surface area contributed by atoms with Gasteiger partial charge in [0.05, 0.1) is 5.41 Å². The summed E-state index contributed by atoms with van der Waals surface area (Å²) in [7, 11) is 0. The van der Waals surface area contributed by atoms with Gasteiger partial charge in [0.2, 0.25) is 5.91 Å². The number of allylic oxidation sites excluding steroid dienone is 2. The number of nitrogens with two attached hydrogens (primary N) is 1. The highest BCUT2D eigenvalue weighted by Gasteiger charge is 2.72. The number of esters is 1. The van der Waals surface area contributed by atoms with Crippen LogP contribution in [0.15, 0.2) is 11.6 Å². The molecule has 39 heavy (non-hydrogen) atoms. The Hall–Kier alpha value is -1.36. The highest BCUT2D eigenvalue weighted by atomic mass is 16.5. The molecule has 5 fully saturated rings. The van der Waals surface area contributed by atoms with Crippen molar-refractivity contribution >= 4 is 11.9 Å². The van der Waals surface area contributed by atoms with Gasteiger partial charge in [-0.3, -0.25) is 15.0 Å². The summed E-state index contributed by atoms with van der Waals surface area (Å²) in [5, 5.41) is 0. The van der Waals surface area contributed by atoms with Gasteiger partial charge in [-0.15, -0.1) is 0 Å². The number of hydrazine groups is 1. The van der Waals surface area contributed by atoms with Gasteiger partial charge in [-0.25, -0.2) is 5.84 Å². The Morgan fingerprint density at radius 3 is 2.23 bits per heavy atom. The number of ether oxygens (including phenoxy) is 1. The molecule has 5 nitrogen and oxygen atoms in total. The average Bonchev–Trinajstić information content (AvgIpc) is 3.21. The molecule has 0 bridgehead atoms. The summed E-state index contributed by atoms with van der Waals surface area (Å²) >= 11 is 0. The second-order valence-electron chi connectivity index (χ2n) is 16.1. The molecule has 0 aliphatic heterocycles. The minimum Gasteiger partial charge on any atom is -0.462 e. The molecular weight excluding hydrogens is 484 g/mol. The van der Waals surface area contributed by atoms with Crippen LogP contribution in [0.5, 0.6) is 0 Å². The molecule has 0 aromatic rings. The topological polar surface area (TPSA) is 81.4 Å². The monoisotopic (exact) mass is 540 g/mol. The molecule has 3 N–H and O–H groups in total. The van der Waals surface area contributed by atoms with E-state index in [0.717, 1.165) is 32.1 Å². The Morgan fingerprint density at radius 2 is 1.64 bits per heavy atom. The van der Waals surface area contributed by atoms with Crippen LogP contribution in [0.4, 0.5) is 0 Å². The highest BCUT2D eigenvalue weighted by Crippen LogP contribution is 2.78. The molecule has 0 saturated heterocycles.